The van der Waals surface area contributed by atoms with Gasteiger partial charge < -0.3 is 4.74 Å². The van der Waals surface area contributed by atoms with Gasteiger partial charge >= 0.3 is 18.4 Å². The van der Waals surface area contributed by atoms with E-state index in [1.54, 1.807) is 12.1 Å². The van der Waals surface area contributed by atoms with Crippen molar-refractivity contribution < 1.29 is 40.3 Å². The SMILES string of the molecule is CC(C)c1cccc(-c2ccc(C(F)(F)F)cc2CN2C(=O)O[C@H](c3cc(F)cc(C(F)(F)F)c3)[C@@H]2C)c1. The lowest BCUT2D eigenvalue weighted by atomic mass is 9.93. The van der Waals surface area contributed by atoms with Crippen molar-refractivity contribution in [2.24, 2.45) is 0 Å². The summed E-state index contributed by atoms with van der Waals surface area (Å²) < 4.78 is 99.6. The lowest BCUT2D eigenvalue weighted by Crippen LogP contribution is -2.31. The summed E-state index contributed by atoms with van der Waals surface area (Å²) in [7, 11) is 0. The van der Waals surface area contributed by atoms with E-state index in [9.17, 15) is 35.5 Å². The number of hydrogen-bond acceptors (Lipinski definition) is 2. The lowest BCUT2D eigenvalue weighted by Gasteiger charge is -2.24. The van der Waals surface area contributed by atoms with E-state index < -0.39 is 47.5 Å². The van der Waals surface area contributed by atoms with Crippen LogP contribution in [-0.2, 0) is 23.6 Å². The Morgan fingerprint density at radius 2 is 1.58 bits per heavy atom. The zero-order valence-electron chi connectivity index (χ0n) is 20.6. The standard InChI is InChI=1S/C28H24F7NO2/c1-15(2)17-5-4-6-18(9-17)24-8-7-21(27(30,31)32)11-20(24)14-36-16(3)25(38-26(36)37)19-10-22(28(33,34)35)13-23(29)12-19/h4-13,15-16,25H,14H2,1-3H3/t16-,25-/m0/s1. The zero-order chi connectivity index (χ0) is 28.0. The highest BCUT2D eigenvalue weighted by Gasteiger charge is 2.42. The molecule has 4 rings (SSSR count). The minimum Gasteiger partial charge on any atom is -0.439 e. The number of halogens is 7. The summed E-state index contributed by atoms with van der Waals surface area (Å²) in [6.45, 7) is 5.14. The van der Waals surface area contributed by atoms with Gasteiger partial charge in [-0.15, -0.1) is 0 Å². The van der Waals surface area contributed by atoms with E-state index in [4.69, 9.17) is 4.74 Å². The Labute approximate surface area is 214 Å². The van der Waals surface area contributed by atoms with Crippen molar-refractivity contribution in [3.8, 4) is 11.1 Å². The molecule has 1 aliphatic rings. The molecule has 0 radical (unpaired) electrons. The van der Waals surface area contributed by atoms with E-state index in [0.29, 0.717) is 23.3 Å². The minimum atomic E-state index is -4.82. The monoisotopic (exact) mass is 539 g/mol. The van der Waals surface area contributed by atoms with E-state index in [1.165, 1.54) is 13.0 Å². The molecule has 1 amide bonds. The maximum absolute atomic E-state index is 14.0. The molecule has 1 saturated heterocycles. The molecular weight excluding hydrogens is 515 g/mol. The molecule has 0 unspecified atom stereocenters. The predicted octanol–water partition coefficient (Wildman–Crippen LogP) is 8.74. The molecule has 2 atom stereocenters. The highest BCUT2D eigenvalue weighted by Crippen LogP contribution is 2.40. The molecule has 3 nitrogen and oxygen atoms in total. The molecule has 202 valence electrons. The number of ether oxygens (including phenoxy) is 1. The number of hydrogen-bond donors (Lipinski definition) is 0. The second-order valence-electron chi connectivity index (χ2n) is 9.59. The van der Waals surface area contributed by atoms with Gasteiger partial charge in [-0.1, -0.05) is 44.2 Å². The van der Waals surface area contributed by atoms with E-state index in [2.05, 4.69) is 0 Å². The molecule has 10 heteroatoms. The number of amides is 1. The molecule has 0 spiro atoms. The Balaban J connectivity index is 1.72. The van der Waals surface area contributed by atoms with Crippen molar-refractivity contribution >= 4 is 6.09 Å². The summed E-state index contributed by atoms with van der Waals surface area (Å²) in [6, 6.07) is 11.5. The number of cyclic esters (lactones) is 1. The van der Waals surface area contributed by atoms with Crippen molar-refractivity contribution in [1.29, 1.82) is 0 Å². The van der Waals surface area contributed by atoms with E-state index in [-0.39, 0.29) is 23.6 Å². The highest BCUT2D eigenvalue weighted by atomic mass is 19.4. The minimum absolute atomic E-state index is 0.162. The van der Waals surface area contributed by atoms with Crippen LogP contribution in [0.1, 0.15) is 60.6 Å². The molecule has 1 fully saturated rings. The largest absolute Gasteiger partial charge is 0.439 e. The molecule has 38 heavy (non-hydrogen) atoms. The fraction of sp³-hybridized carbons (Fsp3) is 0.321. The molecule has 3 aromatic carbocycles. The van der Waals surface area contributed by atoms with E-state index in [0.717, 1.165) is 28.7 Å². The average molecular weight is 539 g/mol. The van der Waals surface area contributed by atoms with Crippen molar-refractivity contribution in [2.45, 2.75) is 57.7 Å². The molecule has 0 N–H and O–H groups in total. The molecule has 0 aromatic heterocycles. The van der Waals surface area contributed by atoms with Crippen LogP contribution in [0.5, 0.6) is 0 Å². The molecule has 3 aromatic rings. The van der Waals surface area contributed by atoms with Gasteiger partial charge in [-0.25, -0.2) is 9.18 Å². The van der Waals surface area contributed by atoms with Gasteiger partial charge in [-0.2, -0.15) is 26.3 Å². The molecule has 0 aliphatic carbocycles. The zero-order valence-corrected chi connectivity index (χ0v) is 20.6. The molecule has 0 bridgehead atoms. The predicted molar refractivity (Wildman–Crippen MR) is 127 cm³/mol. The van der Waals surface area contributed by atoms with Gasteiger partial charge in [-0.05, 0) is 71.0 Å². The lowest BCUT2D eigenvalue weighted by molar-refractivity contribution is -0.138. The number of rotatable bonds is 5. The number of carbonyl (C=O) groups is 1. The van der Waals surface area contributed by atoms with E-state index in [1.807, 2.05) is 26.0 Å². The summed E-state index contributed by atoms with van der Waals surface area (Å²) in [6.07, 6.45) is -11.6. The first-order valence-electron chi connectivity index (χ1n) is 11.8. The van der Waals surface area contributed by atoms with Crippen LogP contribution < -0.4 is 0 Å². The van der Waals surface area contributed by atoms with Crippen molar-refractivity contribution in [3.05, 3.63) is 94.3 Å². The van der Waals surface area contributed by atoms with Crippen LogP contribution in [0.15, 0.2) is 60.7 Å². The normalized spacial score (nSPS) is 18.3. The van der Waals surface area contributed by atoms with Gasteiger partial charge in [0.2, 0.25) is 0 Å². The maximum atomic E-state index is 14.0. The number of benzene rings is 3. The first-order chi connectivity index (χ1) is 17.6. The molecular formula is C28H24F7NO2. The maximum Gasteiger partial charge on any atom is 0.416 e. The number of carbonyl (C=O) groups excluding carboxylic acids is 1. The van der Waals surface area contributed by atoms with Crippen LogP contribution in [-0.4, -0.2) is 17.0 Å². The summed E-state index contributed by atoms with van der Waals surface area (Å²) >= 11 is 0. The highest BCUT2D eigenvalue weighted by molar-refractivity contribution is 5.73. The Kier molecular flexibility index (Phi) is 7.20. The Bertz CT molecular complexity index is 1350. The Morgan fingerprint density at radius 3 is 2.21 bits per heavy atom. The van der Waals surface area contributed by atoms with Gasteiger partial charge in [-0.3, -0.25) is 4.90 Å². The number of alkyl halides is 6. The fourth-order valence-electron chi connectivity index (χ4n) is 4.53. The summed E-state index contributed by atoms with van der Waals surface area (Å²) in [4.78, 5) is 13.9. The second-order valence-corrected chi connectivity index (χ2v) is 9.59. The van der Waals surface area contributed by atoms with Crippen molar-refractivity contribution in [1.82, 2.24) is 4.90 Å². The number of nitrogens with zero attached hydrogens (tertiary/aromatic N) is 1. The first-order valence-corrected chi connectivity index (χ1v) is 11.8. The third-order valence-electron chi connectivity index (χ3n) is 6.61. The Morgan fingerprint density at radius 1 is 0.895 bits per heavy atom. The third kappa shape index (κ3) is 5.63. The topological polar surface area (TPSA) is 29.5 Å². The van der Waals surface area contributed by atoms with Crippen LogP contribution in [0.25, 0.3) is 11.1 Å². The molecule has 1 heterocycles. The Hall–Kier alpha value is -3.56. The summed E-state index contributed by atoms with van der Waals surface area (Å²) in [5, 5.41) is 0. The summed E-state index contributed by atoms with van der Waals surface area (Å²) in [5.74, 6) is -0.989. The van der Waals surface area contributed by atoms with E-state index >= 15 is 0 Å². The van der Waals surface area contributed by atoms with Crippen LogP contribution in [0, 0.1) is 5.82 Å². The van der Waals surface area contributed by atoms with Crippen molar-refractivity contribution in [3.63, 3.8) is 0 Å². The van der Waals surface area contributed by atoms with Gasteiger partial charge in [0, 0.05) is 0 Å². The van der Waals surface area contributed by atoms with Crippen LogP contribution in [0.2, 0.25) is 0 Å². The van der Waals surface area contributed by atoms with Gasteiger partial charge in [0.25, 0.3) is 0 Å². The molecule has 1 aliphatic heterocycles. The first kappa shape index (κ1) is 27.5. The van der Waals surface area contributed by atoms with Crippen LogP contribution in [0.4, 0.5) is 35.5 Å². The van der Waals surface area contributed by atoms with Gasteiger partial charge in [0.15, 0.2) is 0 Å². The molecule has 0 saturated carbocycles. The smallest absolute Gasteiger partial charge is 0.416 e. The third-order valence-corrected chi connectivity index (χ3v) is 6.61. The van der Waals surface area contributed by atoms with Crippen molar-refractivity contribution in [2.75, 3.05) is 0 Å². The fourth-order valence-corrected chi connectivity index (χ4v) is 4.53. The second kappa shape index (κ2) is 9.96. The van der Waals surface area contributed by atoms with Gasteiger partial charge in [0.1, 0.15) is 11.9 Å². The van der Waals surface area contributed by atoms with Gasteiger partial charge in [0.05, 0.1) is 23.7 Å². The van der Waals surface area contributed by atoms with Crippen LogP contribution in [0.3, 0.4) is 0 Å². The summed E-state index contributed by atoms with van der Waals surface area (Å²) in [5.41, 5.74) is -0.0815. The quantitative estimate of drug-likeness (QED) is 0.304. The average Bonchev–Trinajstić information content (AvgIpc) is 3.11. The van der Waals surface area contributed by atoms with Crippen LogP contribution >= 0.6 is 0 Å².